The number of rotatable bonds is 15. The van der Waals surface area contributed by atoms with Gasteiger partial charge in [-0.15, -0.1) is 0 Å². The van der Waals surface area contributed by atoms with E-state index in [1.165, 1.54) is 75.3 Å². The van der Waals surface area contributed by atoms with E-state index in [1.54, 1.807) is 12.3 Å². The highest BCUT2D eigenvalue weighted by atomic mass is 35.5. The number of carbonyl (C=O) groups excluding carboxylic acids is 2. The van der Waals surface area contributed by atoms with Gasteiger partial charge in [-0.2, -0.15) is 13.1 Å². The molecular formula is C53H58Cl2N14O6S3. The van der Waals surface area contributed by atoms with E-state index in [2.05, 4.69) is 77.0 Å². The average Bonchev–Trinajstić information content (AvgIpc) is 4.23. The summed E-state index contributed by atoms with van der Waals surface area (Å²) in [5.41, 5.74) is 7.11. The Balaban J connectivity index is 0.000000154. The molecule has 0 aliphatic carbocycles. The van der Waals surface area contributed by atoms with E-state index in [-0.39, 0.29) is 17.5 Å². The second-order valence-corrected chi connectivity index (χ2v) is 19.8. The Morgan fingerprint density at radius 3 is 1.41 bits per heavy atom. The number of pyridine rings is 3. The predicted molar refractivity (Wildman–Crippen MR) is 314 cm³/mol. The SMILES string of the molecule is C1COCCN1.NCCNc1nsc2ccccc12.O=C(NCCNc1nsc2ccccc12)c1cc(Cl)ccn1.O=C(NCCNc1nsc2ccccc12)c1cc(N2CCOCC2)ccn1.O=C(O)c1cc(Cl)ccn1. The molecule has 408 valence electrons. The zero-order valence-corrected chi connectivity index (χ0v) is 46.2. The topological polar surface area (TPSA) is 269 Å². The van der Waals surface area contributed by atoms with Crippen molar-refractivity contribution >= 4 is 129 Å². The summed E-state index contributed by atoms with van der Waals surface area (Å²) in [5.74, 6) is 1.17. The Morgan fingerprint density at radius 1 is 0.564 bits per heavy atom. The van der Waals surface area contributed by atoms with Crippen LogP contribution >= 0.6 is 57.8 Å². The molecule has 25 heteroatoms. The molecule has 20 nitrogen and oxygen atoms in total. The van der Waals surface area contributed by atoms with E-state index in [0.29, 0.717) is 67.4 Å². The van der Waals surface area contributed by atoms with Gasteiger partial charge < -0.3 is 57.1 Å². The van der Waals surface area contributed by atoms with Crippen molar-refractivity contribution in [1.82, 2.24) is 44.0 Å². The maximum absolute atomic E-state index is 12.4. The number of benzene rings is 3. The number of hydrogen-bond donors (Lipinski definition) is 8. The second-order valence-electron chi connectivity index (χ2n) is 16.5. The quantitative estimate of drug-likeness (QED) is 0.0449. The van der Waals surface area contributed by atoms with Gasteiger partial charge in [0.05, 0.1) is 40.5 Å². The molecule has 9 N–H and O–H groups in total. The van der Waals surface area contributed by atoms with Crippen LogP contribution in [0, 0.1) is 0 Å². The number of hydrogen-bond acceptors (Lipinski definition) is 20. The number of nitrogens with zero attached hydrogens (tertiary/aromatic N) is 7. The third-order valence-corrected chi connectivity index (χ3v) is 14.0. The van der Waals surface area contributed by atoms with Crippen molar-refractivity contribution in [1.29, 1.82) is 0 Å². The highest BCUT2D eigenvalue weighted by Crippen LogP contribution is 2.28. The number of carboxylic acids is 1. The van der Waals surface area contributed by atoms with Crippen LogP contribution < -0.4 is 42.5 Å². The summed E-state index contributed by atoms with van der Waals surface area (Å²) in [6.45, 7) is 10.5. The molecule has 2 amide bonds. The van der Waals surface area contributed by atoms with Crippen LogP contribution in [0.5, 0.6) is 0 Å². The van der Waals surface area contributed by atoms with Crippen LogP contribution in [-0.4, -0.2) is 143 Å². The summed E-state index contributed by atoms with van der Waals surface area (Å²) in [6, 6.07) is 34.0. The van der Waals surface area contributed by atoms with E-state index < -0.39 is 5.97 Å². The fourth-order valence-corrected chi connectivity index (χ4v) is 9.84. The summed E-state index contributed by atoms with van der Waals surface area (Å²) in [6.07, 6.45) is 4.54. The second kappa shape index (κ2) is 31.9. The summed E-state index contributed by atoms with van der Waals surface area (Å²) in [5, 5.41) is 31.2. The minimum Gasteiger partial charge on any atom is -0.477 e. The van der Waals surface area contributed by atoms with Crippen LogP contribution in [0.2, 0.25) is 10.0 Å². The lowest BCUT2D eigenvalue weighted by Crippen LogP contribution is -2.36. The van der Waals surface area contributed by atoms with Crippen molar-refractivity contribution in [2.45, 2.75) is 0 Å². The largest absolute Gasteiger partial charge is 0.477 e. The molecule has 2 saturated heterocycles. The summed E-state index contributed by atoms with van der Waals surface area (Å²) < 4.78 is 27.0. The fourth-order valence-electron chi connectivity index (χ4n) is 7.25. The van der Waals surface area contributed by atoms with E-state index in [0.717, 1.165) is 89.3 Å². The molecule has 0 unspecified atom stereocenters. The summed E-state index contributed by atoms with van der Waals surface area (Å²) in [4.78, 5) is 48.5. The number of nitrogens with two attached hydrogens (primary N) is 1. The minimum atomic E-state index is -1.07. The summed E-state index contributed by atoms with van der Waals surface area (Å²) in [7, 11) is 0. The van der Waals surface area contributed by atoms with Gasteiger partial charge in [0.25, 0.3) is 11.8 Å². The number of halogens is 2. The molecule has 78 heavy (non-hydrogen) atoms. The molecule has 6 aromatic heterocycles. The third kappa shape index (κ3) is 18.5. The highest BCUT2D eigenvalue weighted by Gasteiger charge is 2.15. The van der Waals surface area contributed by atoms with Gasteiger partial charge in [-0.1, -0.05) is 59.6 Å². The van der Waals surface area contributed by atoms with Gasteiger partial charge >= 0.3 is 5.97 Å². The lowest BCUT2D eigenvalue weighted by Gasteiger charge is -2.28. The number of carbonyl (C=O) groups is 3. The minimum absolute atomic E-state index is 0.0347. The predicted octanol–water partition coefficient (Wildman–Crippen LogP) is 8.26. The Bertz CT molecular complexity index is 3290. The standard InChI is InChI=1S/C19H21N5O2S.C15H13ClN4OS.C9H11N3S.C6H4ClNO2.C4H9NO/c25-19(16-13-14(5-6-20-16)24-9-11-26-12-10-24)22-8-7-21-18-15-3-1-2-4-17(15)27-23-18;16-10-5-6-17-12(9-10)15(21)19-8-7-18-14-11-3-1-2-4-13(11)22-20-14;10-5-6-11-9-7-3-1-2-4-8(7)13-12-9;7-4-1-2-8-5(3-4)6(9)10;1-3-6-4-2-5-1/h1-6,13H,7-12H2,(H,21,23)(H,22,25);1-6,9H,7-8H2,(H,18,20)(H,19,21);1-4H,5-6,10H2,(H,11,12);1-3H,(H,9,10);5H,1-4H2. The van der Waals surface area contributed by atoms with Crippen molar-refractivity contribution in [3.63, 3.8) is 0 Å². The van der Waals surface area contributed by atoms with Gasteiger partial charge in [0.1, 0.15) is 34.5 Å². The van der Waals surface area contributed by atoms with Gasteiger partial charge in [-0.25, -0.2) is 9.78 Å². The maximum atomic E-state index is 12.4. The van der Waals surface area contributed by atoms with Crippen molar-refractivity contribution in [3.8, 4) is 0 Å². The molecule has 2 aliphatic heterocycles. The normalized spacial score (nSPS) is 12.7. The molecule has 2 fully saturated rings. The lowest BCUT2D eigenvalue weighted by atomic mass is 10.2. The first kappa shape index (κ1) is 58.5. The van der Waals surface area contributed by atoms with E-state index >= 15 is 0 Å². The monoisotopic (exact) mass is 1150 g/mol. The maximum Gasteiger partial charge on any atom is 0.354 e. The molecule has 0 radical (unpaired) electrons. The van der Waals surface area contributed by atoms with Crippen LogP contribution in [-0.2, 0) is 9.47 Å². The first-order valence-electron chi connectivity index (χ1n) is 24.7. The molecule has 3 aromatic carbocycles. The van der Waals surface area contributed by atoms with Gasteiger partial charge in [0, 0.05) is 116 Å². The van der Waals surface area contributed by atoms with E-state index in [1.807, 2.05) is 72.8 Å². The number of fused-ring (bicyclic) bond motifs is 3. The average molecular weight is 1150 g/mol. The highest BCUT2D eigenvalue weighted by molar-refractivity contribution is 7.14. The number of nitrogens with one attached hydrogen (secondary N) is 6. The number of morpholine rings is 2. The Labute approximate surface area is 472 Å². The molecule has 0 saturated carbocycles. The molecule has 2 aliphatic rings. The smallest absolute Gasteiger partial charge is 0.354 e. The molecule has 11 rings (SSSR count). The number of anilines is 4. The van der Waals surface area contributed by atoms with E-state index in [4.69, 9.17) is 43.5 Å². The zero-order valence-electron chi connectivity index (χ0n) is 42.2. The molecule has 0 atom stereocenters. The fraction of sp³-hybridized carbons (Fsp3) is 0.264. The Hall–Kier alpha value is -7.19. The lowest BCUT2D eigenvalue weighted by molar-refractivity contribution is 0.0689. The van der Waals surface area contributed by atoms with Crippen LogP contribution in [0.4, 0.5) is 23.1 Å². The van der Waals surface area contributed by atoms with Crippen LogP contribution in [0.1, 0.15) is 31.5 Å². The van der Waals surface area contributed by atoms with Crippen LogP contribution in [0.25, 0.3) is 30.3 Å². The van der Waals surface area contributed by atoms with Crippen LogP contribution in [0.3, 0.4) is 0 Å². The van der Waals surface area contributed by atoms with Gasteiger partial charge in [-0.05, 0) is 107 Å². The van der Waals surface area contributed by atoms with Crippen LogP contribution in [0.15, 0.2) is 128 Å². The van der Waals surface area contributed by atoms with Crippen molar-refractivity contribution in [3.05, 3.63) is 155 Å². The zero-order chi connectivity index (χ0) is 54.7. The Kier molecular flexibility index (Phi) is 23.9. The van der Waals surface area contributed by atoms with Gasteiger partial charge in [-0.3, -0.25) is 19.6 Å². The first-order chi connectivity index (χ1) is 38.2. The van der Waals surface area contributed by atoms with Crippen molar-refractivity contribution in [2.75, 3.05) is 113 Å². The number of amides is 2. The number of ether oxygens (including phenoxy) is 2. The molecule has 0 spiro atoms. The number of aromatic carboxylic acids is 1. The van der Waals surface area contributed by atoms with Crippen molar-refractivity contribution < 1.29 is 29.0 Å². The summed E-state index contributed by atoms with van der Waals surface area (Å²) >= 11 is 15.7. The molecule has 0 bridgehead atoms. The van der Waals surface area contributed by atoms with Gasteiger partial charge in [0.15, 0.2) is 0 Å². The third-order valence-electron chi connectivity index (χ3n) is 11.1. The molecular weight excluding hydrogens is 1100 g/mol. The number of carboxylic acid groups (broad SMARTS) is 1. The molecule has 8 heterocycles. The first-order valence-corrected chi connectivity index (χ1v) is 27.8. The van der Waals surface area contributed by atoms with Crippen molar-refractivity contribution in [2.24, 2.45) is 5.73 Å². The Morgan fingerprint density at radius 2 is 0.987 bits per heavy atom. The molecule has 9 aromatic rings. The van der Waals surface area contributed by atoms with Gasteiger partial charge in [0.2, 0.25) is 0 Å². The van der Waals surface area contributed by atoms with E-state index in [9.17, 15) is 14.4 Å². The number of aromatic nitrogens is 6.